The van der Waals surface area contributed by atoms with Crippen LogP contribution in [0.15, 0.2) is 91.9 Å². The van der Waals surface area contributed by atoms with E-state index in [0.717, 1.165) is 0 Å². The van der Waals surface area contributed by atoms with Crippen LogP contribution in [0.25, 0.3) is 0 Å². The van der Waals surface area contributed by atoms with Crippen LogP contribution >= 0.6 is 0 Å². The highest BCUT2D eigenvalue weighted by Crippen LogP contribution is 2.30. The number of allylic oxidation sites excluding steroid dienone is 6. The van der Waals surface area contributed by atoms with Gasteiger partial charge < -0.3 is 18.9 Å². The minimum Gasteiger partial charge on any atom is -0.493 e. The van der Waals surface area contributed by atoms with Gasteiger partial charge in [0, 0.05) is 35.9 Å². The van der Waals surface area contributed by atoms with E-state index in [2.05, 4.69) is 9.98 Å². The summed E-state index contributed by atoms with van der Waals surface area (Å²) in [6.07, 6.45) is 10.9. The lowest BCUT2D eigenvalue weighted by Gasteiger charge is -2.10. The van der Waals surface area contributed by atoms with Gasteiger partial charge in [0.25, 0.3) is 0 Å². The van der Waals surface area contributed by atoms with Crippen molar-refractivity contribution >= 4 is 38.8 Å². The number of ether oxygens (including phenoxy) is 4. The first kappa shape index (κ1) is 32.5. The van der Waals surface area contributed by atoms with E-state index < -0.39 is 26.4 Å². The van der Waals surface area contributed by atoms with E-state index in [-0.39, 0.29) is 34.3 Å². The molecule has 0 aromatic heterocycles. The van der Waals surface area contributed by atoms with Crippen molar-refractivity contribution in [2.45, 2.75) is 29.1 Å². The van der Waals surface area contributed by atoms with E-state index in [1.165, 1.54) is 59.1 Å². The third-order valence-corrected chi connectivity index (χ3v) is 8.88. The molecule has 0 N–H and O–H groups in total. The van der Waals surface area contributed by atoms with Gasteiger partial charge in [0.05, 0.1) is 61.3 Å². The van der Waals surface area contributed by atoms with Gasteiger partial charge in [0.2, 0.25) is 0 Å². The molecule has 1 aliphatic rings. The molecule has 0 saturated carbocycles. The first-order valence-electron chi connectivity index (χ1n) is 12.9. The van der Waals surface area contributed by atoms with Crippen molar-refractivity contribution in [3.8, 4) is 23.0 Å². The molecule has 1 atom stereocenters. The maximum Gasteiger partial charge on any atom is 0.186 e. The van der Waals surface area contributed by atoms with E-state index in [9.17, 15) is 17.4 Å². The van der Waals surface area contributed by atoms with Crippen molar-refractivity contribution in [3.05, 3.63) is 72.1 Å². The number of carbonyl (C=O) groups excluding carboxylic acids is 1. The van der Waals surface area contributed by atoms with E-state index in [0.29, 0.717) is 40.7 Å². The number of rotatable bonds is 12. The van der Waals surface area contributed by atoms with Crippen molar-refractivity contribution < 1.29 is 36.4 Å². The number of aliphatic imine (C=N–C) groups is 2. The molecule has 0 fully saturated rings. The van der Waals surface area contributed by atoms with Gasteiger partial charge >= 0.3 is 0 Å². The summed E-state index contributed by atoms with van der Waals surface area (Å²) in [4.78, 5) is 22.4. The van der Waals surface area contributed by atoms with Crippen LogP contribution in [0.5, 0.6) is 23.0 Å². The Labute approximate surface area is 248 Å². The standard InChI is InChI=1S/C30H34N2O8S2/c1-37-26-14-12-22(20-28(26)39-3)41(34)18-16-32-30-24(10-8-6-5-7-9-11-25(30)33)31-17-19-42(35,36)23-13-15-27(38-2)29(21-23)40-4/h5-7,9,12-17,20-21H,8,10-11,18-19H2,1-4H3/b6-5-,9-7-,30-24-,31-17?,32-16?. The molecule has 1 aliphatic carbocycles. The minimum atomic E-state index is -3.76. The van der Waals surface area contributed by atoms with Crippen LogP contribution in [-0.4, -0.2) is 70.8 Å². The van der Waals surface area contributed by atoms with E-state index >= 15 is 0 Å². The van der Waals surface area contributed by atoms with Gasteiger partial charge in [-0.25, -0.2) is 8.42 Å². The van der Waals surface area contributed by atoms with Crippen molar-refractivity contribution in [1.29, 1.82) is 0 Å². The third-order valence-electron chi connectivity index (χ3n) is 6.09. The number of hydrogen-bond acceptors (Lipinski definition) is 10. The molecule has 2 aromatic rings. The maximum absolute atomic E-state index is 13.1. The predicted molar refractivity (Wildman–Crippen MR) is 164 cm³/mol. The van der Waals surface area contributed by atoms with Crippen molar-refractivity contribution in [3.63, 3.8) is 0 Å². The van der Waals surface area contributed by atoms with Gasteiger partial charge in [0.1, 0.15) is 5.70 Å². The summed E-state index contributed by atoms with van der Waals surface area (Å²) in [5, 5.41) is 0. The Bertz CT molecular complexity index is 1560. The van der Waals surface area contributed by atoms with Crippen molar-refractivity contribution in [2.75, 3.05) is 39.9 Å². The van der Waals surface area contributed by atoms with Crippen LogP contribution < -0.4 is 18.9 Å². The zero-order valence-corrected chi connectivity index (χ0v) is 25.6. The molecule has 1 unspecified atom stereocenters. The molecule has 0 saturated heterocycles. The first-order chi connectivity index (χ1) is 20.2. The lowest BCUT2D eigenvalue weighted by molar-refractivity contribution is -0.114. The molecule has 10 nitrogen and oxygen atoms in total. The van der Waals surface area contributed by atoms with E-state index in [1.54, 1.807) is 30.4 Å². The largest absolute Gasteiger partial charge is 0.493 e. The van der Waals surface area contributed by atoms with Gasteiger partial charge in [-0.15, -0.1) is 0 Å². The molecule has 12 heteroatoms. The van der Waals surface area contributed by atoms with Crippen LogP contribution in [0, 0.1) is 0 Å². The third kappa shape index (κ3) is 8.73. The van der Waals surface area contributed by atoms with Gasteiger partial charge in [-0.05, 0) is 37.1 Å². The maximum atomic E-state index is 13.1. The molecule has 0 spiro atoms. The number of sulfone groups is 1. The molecule has 3 rings (SSSR count). The van der Waals surface area contributed by atoms with E-state index in [4.69, 9.17) is 18.9 Å². The molecule has 224 valence electrons. The van der Waals surface area contributed by atoms with Crippen LogP contribution in [0.1, 0.15) is 19.3 Å². The summed E-state index contributed by atoms with van der Waals surface area (Å²) in [6.45, 7) is 0. The zero-order chi connectivity index (χ0) is 30.5. The summed E-state index contributed by atoms with van der Waals surface area (Å²) in [6, 6.07) is 9.30. The number of Topliss-reactive ketones (excluding diaryl/α,β-unsaturated/α-hetero) is 1. The number of hydrogen-bond donors (Lipinski definition) is 0. The average Bonchev–Trinajstić information content (AvgIpc) is 3.00. The Morgan fingerprint density at radius 1 is 0.833 bits per heavy atom. The molecular formula is C30H34N2O8S2. The van der Waals surface area contributed by atoms with Gasteiger partial charge in [-0.2, -0.15) is 0 Å². The zero-order valence-electron chi connectivity index (χ0n) is 23.9. The number of methoxy groups -OCH3 is 4. The second-order valence-corrected chi connectivity index (χ2v) is 12.3. The van der Waals surface area contributed by atoms with Crippen LogP contribution in [0.2, 0.25) is 0 Å². The summed E-state index contributed by atoms with van der Waals surface area (Å²) < 4.78 is 59.9. The lowest BCUT2D eigenvalue weighted by Crippen LogP contribution is -2.09. The molecule has 0 bridgehead atoms. The number of benzene rings is 2. The summed E-state index contributed by atoms with van der Waals surface area (Å²) >= 11 is 0. The topological polar surface area (TPSA) is 130 Å². The monoisotopic (exact) mass is 614 g/mol. The molecule has 0 heterocycles. The summed E-state index contributed by atoms with van der Waals surface area (Å²) in [5.74, 6) is 1.00. The number of ketones is 1. The molecule has 0 aliphatic heterocycles. The summed E-state index contributed by atoms with van der Waals surface area (Å²) in [7, 11) is 0.664. The van der Waals surface area contributed by atoms with Crippen LogP contribution in [0.4, 0.5) is 0 Å². The fourth-order valence-corrected chi connectivity index (χ4v) is 5.79. The molecule has 42 heavy (non-hydrogen) atoms. The molecule has 0 amide bonds. The fraction of sp³-hybridized carbons (Fsp3) is 0.300. The summed E-state index contributed by atoms with van der Waals surface area (Å²) in [5.41, 5.74) is 0.439. The smallest absolute Gasteiger partial charge is 0.186 e. The quantitative estimate of drug-likeness (QED) is 0.319. The molecule has 2 aromatic carbocycles. The SMILES string of the molecule is COc1ccc(S(=O)CC=N/C2=C(\N=CCS(=O)(=O)c3ccc(OC)c(OC)c3)CC/C=C\C=C/CC2=O)cc1OC. The Kier molecular flexibility index (Phi) is 12.2. The molecule has 0 radical (unpaired) electrons. The normalized spacial score (nSPS) is 18.5. The van der Waals surface area contributed by atoms with Crippen molar-refractivity contribution in [2.24, 2.45) is 9.98 Å². The first-order valence-corrected chi connectivity index (χ1v) is 15.9. The molecular weight excluding hydrogens is 580 g/mol. The number of nitrogens with zero attached hydrogens (tertiary/aromatic N) is 2. The van der Waals surface area contributed by atoms with Crippen molar-refractivity contribution in [1.82, 2.24) is 0 Å². The minimum absolute atomic E-state index is 0.0344. The second-order valence-electron chi connectivity index (χ2n) is 8.77. The van der Waals surface area contributed by atoms with Gasteiger partial charge in [0.15, 0.2) is 38.6 Å². The highest BCUT2D eigenvalue weighted by Gasteiger charge is 2.18. The Hall–Kier alpha value is -4.03. The number of carbonyl (C=O) groups is 1. The highest BCUT2D eigenvalue weighted by atomic mass is 32.2. The average molecular weight is 615 g/mol. The van der Waals surface area contributed by atoms with E-state index in [1.807, 2.05) is 12.2 Å². The van der Waals surface area contributed by atoms with Gasteiger partial charge in [-0.3, -0.25) is 19.0 Å². The second kappa shape index (κ2) is 15.8. The highest BCUT2D eigenvalue weighted by molar-refractivity contribution is 7.92. The Balaban J connectivity index is 1.87. The predicted octanol–water partition coefficient (Wildman–Crippen LogP) is 4.52. The fourth-order valence-electron chi connectivity index (χ4n) is 3.90. The Morgan fingerprint density at radius 2 is 1.48 bits per heavy atom. The lowest BCUT2D eigenvalue weighted by atomic mass is 10.1. The Morgan fingerprint density at radius 3 is 2.17 bits per heavy atom. The van der Waals surface area contributed by atoms with Gasteiger partial charge in [-0.1, -0.05) is 24.3 Å². The van der Waals surface area contributed by atoms with Crippen LogP contribution in [0.3, 0.4) is 0 Å². The van der Waals surface area contributed by atoms with Crippen LogP contribution in [-0.2, 0) is 25.4 Å².